The number of nitrogens with zero attached hydrogens (tertiary/aromatic N) is 2. The van der Waals surface area contributed by atoms with E-state index in [-0.39, 0.29) is 36.1 Å². The molecule has 0 amide bonds. The molecule has 4 N–H and O–H groups in total. The molecule has 4 aromatic carbocycles. The van der Waals surface area contributed by atoms with Crippen molar-refractivity contribution in [2.45, 2.75) is 193 Å². The lowest BCUT2D eigenvalue weighted by atomic mass is 10.1. The molecule has 0 unspecified atom stereocenters. The number of rotatable bonds is 38. The molecule has 0 bridgehead atoms. The zero-order chi connectivity index (χ0) is 56.3. The average molecular weight is 1070 g/mol. The molecule has 0 saturated carbocycles. The molecule has 4 aromatic rings. The highest BCUT2D eigenvalue weighted by Gasteiger charge is 2.17. The standard InChI is InChI=1S/C33H40N2O6.C31H44N2O4/c1-2-3-4-11-14-30(41-33(38)27-17-21-29(22-18-27)39-25-34)15-12-9-7-5-6-8-10-13-16-32(37)40-31-23-19-28(20-24-31)35-26-36;1-2-3-4-11-14-28(37-31(35)25-17-19-26(32)20-18-25)15-12-9-7-5-6-8-10-13-16-30(34)36-29-23-21-27(33)22-24-29/h9,12,17-24,30H,2-8,10-11,13-16H2,1H3;9,12,17-24,28H,2-8,10-11,13-16,32-33H2,1H3/b2*12-9-/t30-;28-/m11/s1. The molecular weight excluding hydrogens is 985 g/mol. The topological polar surface area (TPSA) is 220 Å². The summed E-state index contributed by atoms with van der Waals surface area (Å²) in [5.41, 5.74) is 14.1. The summed E-state index contributed by atoms with van der Waals surface area (Å²) in [7, 11) is 0. The molecule has 2 atom stereocenters. The molecule has 0 aliphatic heterocycles. The zero-order valence-corrected chi connectivity index (χ0v) is 46.2. The second-order valence-electron chi connectivity index (χ2n) is 19.3. The lowest BCUT2D eigenvalue weighted by Gasteiger charge is -2.16. The summed E-state index contributed by atoms with van der Waals surface area (Å²) in [6.07, 6.45) is 36.5. The molecule has 0 aliphatic carbocycles. The molecule has 0 saturated heterocycles. The van der Waals surface area contributed by atoms with Crippen molar-refractivity contribution in [3.8, 4) is 23.5 Å². The van der Waals surface area contributed by atoms with Crippen LogP contribution in [0.4, 0.5) is 17.1 Å². The van der Waals surface area contributed by atoms with Gasteiger partial charge in [-0.15, -0.1) is 5.26 Å². The van der Waals surface area contributed by atoms with E-state index in [9.17, 15) is 24.0 Å². The van der Waals surface area contributed by atoms with E-state index in [1.165, 1.54) is 25.3 Å². The van der Waals surface area contributed by atoms with Gasteiger partial charge in [-0.3, -0.25) is 9.59 Å². The van der Waals surface area contributed by atoms with Gasteiger partial charge in [-0.1, -0.05) is 115 Å². The number of nitrogens with two attached hydrogens (primary N) is 2. The van der Waals surface area contributed by atoms with Crippen LogP contribution < -0.4 is 25.7 Å². The summed E-state index contributed by atoms with van der Waals surface area (Å²) >= 11 is 0. The smallest absolute Gasteiger partial charge is 0.338 e. The van der Waals surface area contributed by atoms with Crippen LogP contribution in [0.5, 0.6) is 17.2 Å². The fraction of sp³-hybridized carbons (Fsp3) is 0.469. The minimum Gasteiger partial charge on any atom is -0.458 e. The highest BCUT2D eigenvalue weighted by Crippen LogP contribution is 2.22. The van der Waals surface area contributed by atoms with Crippen molar-refractivity contribution in [2.75, 3.05) is 11.5 Å². The van der Waals surface area contributed by atoms with E-state index < -0.39 is 0 Å². The Labute approximate surface area is 463 Å². The van der Waals surface area contributed by atoms with Gasteiger partial charge >= 0.3 is 23.9 Å². The van der Waals surface area contributed by atoms with Gasteiger partial charge in [-0.2, -0.15) is 4.99 Å². The average Bonchev–Trinajstić information content (AvgIpc) is 3.43. The maximum atomic E-state index is 12.6. The summed E-state index contributed by atoms with van der Waals surface area (Å²) in [5, 5.41) is 8.60. The Balaban J connectivity index is 0.000000412. The van der Waals surface area contributed by atoms with Crippen molar-refractivity contribution < 1.29 is 47.7 Å². The summed E-state index contributed by atoms with van der Waals surface area (Å²) in [6, 6.07) is 26.5. The van der Waals surface area contributed by atoms with Crippen molar-refractivity contribution >= 4 is 47.0 Å². The molecule has 420 valence electrons. The van der Waals surface area contributed by atoms with Crippen LogP contribution in [0, 0.1) is 11.5 Å². The minimum atomic E-state index is -0.367. The van der Waals surface area contributed by atoms with Crippen molar-refractivity contribution in [1.29, 1.82) is 5.26 Å². The van der Waals surface area contributed by atoms with Gasteiger partial charge in [0, 0.05) is 37.1 Å². The number of unbranched alkanes of at least 4 members (excludes halogenated alkanes) is 16. The van der Waals surface area contributed by atoms with Crippen LogP contribution in [0.3, 0.4) is 0 Å². The summed E-state index contributed by atoms with van der Waals surface area (Å²) in [4.78, 5) is 62.9. The van der Waals surface area contributed by atoms with E-state index in [4.69, 9.17) is 40.4 Å². The Hall–Kier alpha value is -7.49. The molecular formula is C64H84N4O10. The van der Waals surface area contributed by atoms with Gasteiger partial charge in [0.05, 0.1) is 16.8 Å². The Morgan fingerprint density at radius 1 is 0.500 bits per heavy atom. The first-order valence-corrected chi connectivity index (χ1v) is 28.2. The van der Waals surface area contributed by atoms with Crippen LogP contribution in [-0.2, 0) is 23.9 Å². The van der Waals surface area contributed by atoms with E-state index in [0.29, 0.717) is 64.7 Å². The van der Waals surface area contributed by atoms with Gasteiger partial charge in [0.15, 0.2) is 0 Å². The predicted molar refractivity (Wildman–Crippen MR) is 308 cm³/mol. The third kappa shape index (κ3) is 30.9. The van der Waals surface area contributed by atoms with Crippen LogP contribution >= 0.6 is 0 Å². The first-order valence-electron chi connectivity index (χ1n) is 28.2. The largest absolute Gasteiger partial charge is 0.458 e. The van der Waals surface area contributed by atoms with Gasteiger partial charge in [0.25, 0.3) is 6.26 Å². The summed E-state index contributed by atoms with van der Waals surface area (Å²) in [5.74, 6) is 0.236. The molecule has 14 heteroatoms. The van der Waals surface area contributed by atoms with E-state index in [2.05, 4.69) is 43.1 Å². The number of anilines is 2. The van der Waals surface area contributed by atoms with Gasteiger partial charge in [0.1, 0.15) is 29.5 Å². The number of aliphatic imine (C=N–C) groups is 1. The van der Waals surface area contributed by atoms with E-state index in [0.717, 1.165) is 128 Å². The number of carbonyl (C=O) groups excluding carboxylic acids is 5. The normalized spacial score (nSPS) is 11.6. The van der Waals surface area contributed by atoms with Gasteiger partial charge in [-0.05, 0) is 161 Å². The number of hydrogen-bond donors (Lipinski definition) is 2. The maximum absolute atomic E-state index is 12.6. The maximum Gasteiger partial charge on any atom is 0.338 e. The van der Waals surface area contributed by atoms with Crippen molar-refractivity contribution in [1.82, 2.24) is 0 Å². The Kier molecular flexibility index (Phi) is 34.6. The van der Waals surface area contributed by atoms with Crippen molar-refractivity contribution in [3.05, 3.63) is 132 Å². The van der Waals surface area contributed by atoms with Crippen LogP contribution in [0.25, 0.3) is 0 Å². The summed E-state index contributed by atoms with van der Waals surface area (Å²) in [6.45, 7) is 4.36. The van der Waals surface area contributed by atoms with Crippen LogP contribution in [0.15, 0.2) is 126 Å². The number of allylic oxidation sites excluding steroid dienone is 2. The molecule has 0 heterocycles. The number of benzene rings is 4. The predicted octanol–water partition coefficient (Wildman–Crippen LogP) is 15.9. The number of hydrogen-bond acceptors (Lipinski definition) is 14. The number of carbonyl (C=O) groups is 4. The number of esters is 4. The highest BCUT2D eigenvalue weighted by atomic mass is 16.6. The Bertz CT molecular complexity index is 2440. The SMILES string of the molecule is CCCCCC[C@H](C/C=C\CCCCCCCC(=O)Oc1ccc(N)cc1)OC(=O)c1ccc(N)cc1.CCCCCC[C@H](C/C=C\CCCCCCCC(=O)Oc1ccc(N=C=O)cc1)OC(=O)c1ccc(OC#N)cc1. The van der Waals surface area contributed by atoms with E-state index in [1.54, 1.807) is 103 Å². The first kappa shape index (κ1) is 64.8. The number of nitriles is 1. The zero-order valence-electron chi connectivity index (χ0n) is 46.2. The van der Waals surface area contributed by atoms with Crippen LogP contribution in [0.2, 0.25) is 0 Å². The van der Waals surface area contributed by atoms with E-state index in [1.807, 2.05) is 0 Å². The first-order chi connectivity index (χ1) is 38.0. The molecule has 14 nitrogen and oxygen atoms in total. The highest BCUT2D eigenvalue weighted by molar-refractivity contribution is 5.90. The third-order valence-electron chi connectivity index (χ3n) is 12.7. The lowest BCUT2D eigenvalue weighted by Crippen LogP contribution is -2.18. The minimum absolute atomic E-state index is 0.105. The summed E-state index contributed by atoms with van der Waals surface area (Å²) < 4.78 is 27.0. The van der Waals surface area contributed by atoms with Gasteiger partial charge in [-0.25, -0.2) is 14.4 Å². The second kappa shape index (κ2) is 41.6. The molecule has 4 rings (SSSR count). The fourth-order valence-corrected chi connectivity index (χ4v) is 8.21. The molecule has 0 aromatic heterocycles. The third-order valence-corrected chi connectivity index (χ3v) is 12.7. The molecule has 0 fully saturated rings. The number of nitrogen functional groups attached to an aromatic ring is 2. The van der Waals surface area contributed by atoms with Gasteiger partial charge in [0.2, 0.25) is 6.08 Å². The van der Waals surface area contributed by atoms with E-state index >= 15 is 0 Å². The Morgan fingerprint density at radius 3 is 1.32 bits per heavy atom. The van der Waals surface area contributed by atoms with Crippen LogP contribution in [0.1, 0.15) is 202 Å². The molecule has 0 radical (unpaired) electrons. The monoisotopic (exact) mass is 1070 g/mol. The second-order valence-corrected chi connectivity index (χ2v) is 19.3. The van der Waals surface area contributed by atoms with Gasteiger partial charge < -0.3 is 35.2 Å². The molecule has 0 aliphatic rings. The quantitative estimate of drug-likeness (QED) is 0.00624. The van der Waals surface area contributed by atoms with Crippen molar-refractivity contribution in [3.63, 3.8) is 0 Å². The molecule has 0 spiro atoms. The number of isocyanates is 1. The fourth-order valence-electron chi connectivity index (χ4n) is 8.21. The number of ether oxygens (including phenoxy) is 5. The Morgan fingerprint density at radius 2 is 0.885 bits per heavy atom. The van der Waals surface area contributed by atoms with Crippen LogP contribution in [-0.4, -0.2) is 42.2 Å². The lowest BCUT2D eigenvalue weighted by molar-refractivity contribution is -0.135. The molecule has 78 heavy (non-hydrogen) atoms. The van der Waals surface area contributed by atoms with Crippen molar-refractivity contribution in [2.24, 2.45) is 4.99 Å².